The molecule has 10 heteroatoms. The molecule has 0 aromatic heterocycles. The summed E-state index contributed by atoms with van der Waals surface area (Å²) in [6.07, 6.45) is 0.131. The van der Waals surface area contributed by atoms with Crippen molar-refractivity contribution in [2.24, 2.45) is 5.92 Å². The molecule has 0 aliphatic rings. The van der Waals surface area contributed by atoms with E-state index in [0.29, 0.717) is 17.1 Å². The molecule has 0 spiro atoms. The molecule has 4 aromatic rings. The third-order valence-electron chi connectivity index (χ3n) is 7.65. The Bertz CT molecular complexity index is 1770. The number of amides is 2. The van der Waals surface area contributed by atoms with Gasteiger partial charge in [0.2, 0.25) is 11.8 Å². The van der Waals surface area contributed by atoms with Gasteiger partial charge in [0.25, 0.3) is 10.0 Å². The highest BCUT2D eigenvalue weighted by atomic mass is 35.5. The standard InChI is InChI=1S/C36H39ClFN3O4S/c1-25(2)22-39-36(43)34(21-28-11-6-5-7-12-28)40(23-29-13-8-9-15-32(29)38)35(42)24-41(33-16-10-14-31(37)27(33)4)46(44,45)30-19-17-26(3)18-20-30/h5-20,25,34H,21-24H2,1-4H3,(H,39,43). The minimum Gasteiger partial charge on any atom is -0.354 e. The summed E-state index contributed by atoms with van der Waals surface area (Å²) in [5.41, 5.74) is 2.53. The van der Waals surface area contributed by atoms with Crippen molar-refractivity contribution in [2.45, 2.75) is 51.6 Å². The van der Waals surface area contributed by atoms with Gasteiger partial charge in [0, 0.05) is 30.1 Å². The van der Waals surface area contributed by atoms with Gasteiger partial charge in [0.1, 0.15) is 18.4 Å². The van der Waals surface area contributed by atoms with Crippen LogP contribution in [0.4, 0.5) is 10.1 Å². The lowest BCUT2D eigenvalue weighted by molar-refractivity contribution is -0.140. The van der Waals surface area contributed by atoms with Crippen molar-refractivity contribution < 1.29 is 22.4 Å². The smallest absolute Gasteiger partial charge is 0.264 e. The minimum atomic E-state index is -4.29. The van der Waals surface area contributed by atoms with Crippen molar-refractivity contribution in [3.05, 3.63) is 130 Å². The number of aryl methyl sites for hydroxylation is 1. The zero-order valence-corrected chi connectivity index (χ0v) is 28.0. The molecule has 1 N–H and O–H groups in total. The van der Waals surface area contributed by atoms with Crippen LogP contribution in [0.2, 0.25) is 5.02 Å². The molecule has 0 aliphatic heterocycles. The summed E-state index contributed by atoms with van der Waals surface area (Å²) in [4.78, 5) is 29.6. The number of nitrogens with one attached hydrogen (secondary N) is 1. The third kappa shape index (κ3) is 8.53. The lowest BCUT2D eigenvalue weighted by Crippen LogP contribution is -2.54. The summed E-state index contributed by atoms with van der Waals surface area (Å²) in [6.45, 7) is 6.87. The largest absolute Gasteiger partial charge is 0.354 e. The normalized spacial score (nSPS) is 12.1. The number of hydrogen-bond acceptors (Lipinski definition) is 4. The van der Waals surface area contributed by atoms with E-state index in [2.05, 4.69) is 5.32 Å². The highest BCUT2D eigenvalue weighted by molar-refractivity contribution is 7.92. The van der Waals surface area contributed by atoms with Crippen LogP contribution < -0.4 is 9.62 Å². The van der Waals surface area contributed by atoms with Gasteiger partial charge in [-0.15, -0.1) is 0 Å². The highest BCUT2D eigenvalue weighted by Gasteiger charge is 2.35. The number of nitrogens with zero attached hydrogens (tertiary/aromatic N) is 2. The van der Waals surface area contributed by atoms with E-state index >= 15 is 4.39 Å². The summed E-state index contributed by atoms with van der Waals surface area (Å²) in [6, 6.07) is 25.3. The van der Waals surface area contributed by atoms with Crippen molar-refractivity contribution >= 4 is 39.1 Å². The molecule has 4 aromatic carbocycles. The Kier molecular flexibility index (Phi) is 11.6. The van der Waals surface area contributed by atoms with Crippen LogP contribution >= 0.6 is 11.6 Å². The van der Waals surface area contributed by atoms with Crippen LogP contribution in [-0.2, 0) is 32.6 Å². The van der Waals surface area contributed by atoms with Crippen molar-refractivity contribution in [3.63, 3.8) is 0 Å². The molecule has 4 rings (SSSR count). The van der Waals surface area contributed by atoms with Gasteiger partial charge in [0.05, 0.1) is 10.6 Å². The zero-order valence-electron chi connectivity index (χ0n) is 26.4. The van der Waals surface area contributed by atoms with E-state index in [9.17, 15) is 18.0 Å². The van der Waals surface area contributed by atoms with Crippen LogP contribution in [0, 0.1) is 25.6 Å². The first kappa shape index (κ1) is 34.7. The topological polar surface area (TPSA) is 86.8 Å². The van der Waals surface area contributed by atoms with Crippen LogP contribution in [0.5, 0.6) is 0 Å². The minimum absolute atomic E-state index is 0.0126. The number of carbonyl (C=O) groups is 2. The second-order valence-electron chi connectivity index (χ2n) is 11.7. The molecule has 0 saturated heterocycles. The molecule has 0 bridgehead atoms. The maximum atomic E-state index is 15.1. The van der Waals surface area contributed by atoms with E-state index in [1.54, 1.807) is 55.5 Å². The monoisotopic (exact) mass is 663 g/mol. The fourth-order valence-corrected chi connectivity index (χ4v) is 6.64. The van der Waals surface area contributed by atoms with E-state index < -0.39 is 40.2 Å². The Morgan fingerprint density at radius 2 is 1.52 bits per heavy atom. The van der Waals surface area contributed by atoms with Crippen LogP contribution in [0.3, 0.4) is 0 Å². The summed E-state index contributed by atoms with van der Waals surface area (Å²) in [5, 5.41) is 3.25. The average Bonchev–Trinajstić information content (AvgIpc) is 3.03. The maximum absolute atomic E-state index is 15.1. The van der Waals surface area contributed by atoms with Gasteiger partial charge < -0.3 is 10.2 Å². The molecule has 0 heterocycles. The van der Waals surface area contributed by atoms with Crippen LogP contribution in [0.15, 0.2) is 102 Å². The number of carbonyl (C=O) groups excluding carboxylic acids is 2. The third-order valence-corrected chi connectivity index (χ3v) is 9.83. The highest BCUT2D eigenvalue weighted by Crippen LogP contribution is 2.31. The fraction of sp³-hybridized carbons (Fsp3) is 0.278. The molecule has 0 fully saturated rings. The van der Waals surface area contributed by atoms with Gasteiger partial charge in [0.15, 0.2) is 0 Å². The lowest BCUT2D eigenvalue weighted by Gasteiger charge is -2.34. The number of anilines is 1. The zero-order chi connectivity index (χ0) is 33.4. The molecule has 46 heavy (non-hydrogen) atoms. The van der Waals surface area contributed by atoms with E-state index in [4.69, 9.17) is 11.6 Å². The number of rotatable bonds is 13. The van der Waals surface area contributed by atoms with Crippen molar-refractivity contribution in [3.8, 4) is 0 Å². The first-order valence-electron chi connectivity index (χ1n) is 15.1. The van der Waals surface area contributed by atoms with E-state index in [1.807, 2.05) is 51.1 Å². The predicted molar refractivity (Wildman–Crippen MR) is 181 cm³/mol. The Labute approximate surface area is 276 Å². The molecule has 1 atom stereocenters. The number of halogens is 2. The Hall–Kier alpha value is -4.21. The molecular formula is C36H39ClFN3O4S. The SMILES string of the molecule is Cc1ccc(S(=O)(=O)N(CC(=O)N(Cc2ccccc2F)C(Cc2ccccc2)C(=O)NCC(C)C)c2cccc(Cl)c2C)cc1. The molecule has 242 valence electrons. The van der Waals surface area contributed by atoms with Gasteiger partial charge in [-0.3, -0.25) is 13.9 Å². The van der Waals surface area contributed by atoms with Gasteiger partial charge in [-0.1, -0.05) is 97.7 Å². The second kappa shape index (κ2) is 15.4. The summed E-state index contributed by atoms with van der Waals surface area (Å²) in [7, 11) is -4.29. The average molecular weight is 664 g/mol. The predicted octanol–water partition coefficient (Wildman–Crippen LogP) is 6.70. The Morgan fingerprint density at radius 3 is 2.17 bits per heavy atom. The number of benzene rings is 4. The first-order chi connectivity index (χ1) is 21.9. The van der Waals surface area contributed by atoms with Crippen molar-refractivity contribution in [1.82, 2.24) is 10.2 Å². The first-order valence-corrected chi connectivity index (χ1v) is 16.9. The quantitative estimate of drug-likeness (QED) is 0.172. The lowest BCUT2D eigenvalue weighted by atomic mass is 10.0. The van der Waals surface area contributed by atoms with E-state index in [1.165, 1.54) is 23.1 Å². The molecule has 0 aliphatic carbocycles. The van der Waals surface area contributed by atoms with Crippen molar-refractivity contribution in [2.75, 3.05) is 17.4 Å². The van der Waals surface area contributed by atoms with Crippen LogP contribution in [-0.4, -0.2) is 44.3 Å². The number of sulfonamides is 1. The Balaban J connectivity index is 1.84. The molecule has 0 saturated carbocycles. The van der Waals surface area contributed by atoms with Gasteiger partial charge in [-0.05, 0) is 61.2 Å². The van der Waals surface area contributed by atoms with E-state index in [-0.39, 0.29) is 35.0 Å². The maximum Gasteiger partial charge on any atom is 0.264 e. The molecule has 1 unspecified atom stereocenters. The van der Waals surface area contributed by atoms with Crippen LogP contribution in [0.1, 0.15) is 36.1 Å². The molecular weight excluding hydrogens is 625 g/mol. The van der Waals surface area contributed by atoms with Crippen molar-refractivity contribution in [1.29, 1.82) is 0 Å². The van der Waals surface area contributed by atoms with Crippen LogP contribution in [0.25, 0.3) is 0 Å². The van der Waals surface area contributed by atoms with E-state index in [0.717, 1.165) is 15.4 Å². The molecule has 0 radical (unpaired) electrons. The van der Waals surface area contributed by atoms with Gasteiger partial charge in [-0.25, -0.2) is 12.8 Å². The number of hydrogen-bond donors (Lipinski definition) is 1. The molecule has 2 amide bonds. The Morgan fingerprint density at radius 1 is 0.870 bits per heavy atom. The summed E-state index contributed by atoms with van der Waals surface area (Å²) in [5.74, 6) is -1.51. The summed E-state index contributed by atoms with van der Waals surface area (Å²) < 4.78 is 44.5. The van der Waals surface area contributed by atoms with Gasteiger partial charge in [-0.2, -0.15) is 0 Å². The summed E-state index contributed by atoms with van der Waals surface area (Å²) >= 11 is 6.43. The fourth-order valence-electron chi connectivity index (χ4n) is 5.00. The van der Waals surface area contributed by atoms with Gasteiger partial charge >= 0.3 is 0 Å². The molecule has 7 nitrogen and oxygen atoms in total. The second-order valence-corrected chi connectivity index (χ2v) is 13.9.